The number of halogens is 2. The maximum absolute atomic E-state index is 14.0. The summed E-state index contributed by atoms with van der Waals surface area (Å²) in [6, 6.07) is 8.21. The first-order chi connectivity index (χ1) is 12.1. The van der Waals surface area contributed by atoms with Gasteiger partial charge in [-0.3, -0.25) is 4.99 Å². The first-order valence-electron chi connectivity index (χ1n) is 8.98. The zero-order chi connectivity index (χ0) is 17.8. The molecule has 0 amide bonds. The van der Waals surface area contributed by atoms with Crippen molar-refractivity contribution in [2.24, 2.45) is 4.99 Å². The molecule has 2 atom stereocenters. The Morgan fingerprint density at radius 2 is 2.04 bits per heavy atom. The number of benzene rings is 1. The van der Waals surface area contributed by atoms with E-state index in [1.54, 1.807) is 19.2 Å². The summed E-state index contributed by atoms with van der Waals surface area (Å²) in [5.41, 5.74) is 0.865. The number of piperidine rings is 2. The van der Waals surface area contributed by atoms with Crippen LogP contribution in [0.3, 0.4) is 0 Å². The van der Waals surface area contributed by atoms with Crippen LogP contribution in [-0.2, 0) is 6.54 Å². The number of nitrogens with zero attached hydrogens (tertiary/aromatic N) is 3. The van der Waals surface area contributed by atoms with Crippen LogP contribution in [0.2, 0.25) is 0 Å². The molecule has 2 unspecified atom stereocenters. The maximum atomic E-state index is 14.0. The molecule has 0 radical (unpaired) electrons. The molecule has 5 nitrogen and oxygen atoms in total. The smallest absolute Gasteiger partial charge is 0.191 e. The van der Waals surface area contributed by atoms with Crippen LogP contribution >= 0.6 is 24.0 Å². The summed E-state index contributed by atoms with van der Waals surface area (Å²) >= 11 is 0. The number of hydrogen-bond acceptors (Lipinski definition) is 3. The molecule has 0 saturated carbocycles. The maximum Gasteiger partial charge on any atom is 0.191 e. The van der Waals surface area contributed by atoms with Gasteiger partial charge in [0, 0.05) is 37.3 Å². The van der Waals surface area contributed by atoms with Crippen molar-refractivity contribution >= 4 is 29.9 Å². The molecule has 1 aromatic carbocycles. The third-order valence-corrected chi connectivity index (χ3v) is 5.53. The monoisotopic (exact) mass is 471 g/mol. The third-order valence-electron chi connectivity index (χ3n) is 5.53. The molecule has 2 bridgehead atoms. The van der Waals surface area contributed by atoms with Gasteiger partial charge >= 0.3 is 0 Å². The van der Waals surface area contributed by atoms with E-state index in [1.165, 1.54) is 25.3 Å². The summed E-state index contributed by atoms with van der Waals surface area (Å²) in [5.74, 6) is 0.340. The van der Waals surface area contributed by atoms with Crippen LogP contribution in [0.25, 0.3) is 0 Å². The minimum absolute atomic E-state index is 0. The summed E-state index contributed by atoms with van der Waals surface area (Å²) in [7, 11) is 3.98. The van der Waals surface area contributed by atoms with Crippen molar-refractivity contribution < 1.29 is 4.39 Å². The van der Waals surface area contributed by atoms with Gasteiger partial charge < -0.3 is 15.5 Å². The highest BCUT2D eigenvalue weighted by molar-refractivity contribution is 14.0. The molecule has 2 aliphatic heterocycles. The number of hydrogen-bond donors (Lipinski definition) is 2. The number of rotatable bonds is 3. The number of nitrogens with one attached hydrogen (secondary N) is 2. The number of guanidine groups is 1. The zero-order valence-electron chi connectivity index (χ0n) is 15.3. The normalized spacial score (nSPS) is 25.8. The molecule has 2 saturated heterocycles. The Morgan fingerprint density at radius 1 is 1.35 bits per heavy atom. The van der Waals surface area contributed by atoms with Crippen LogP contribution in [0.5, 0.6) is 0 Å². The minimum atomic E-state index is -0.365. The van der Waals surface area contributed by atoms with E-state index in [0.717, 1.165) is 12.8 Å². The van der Waals surface area contributed by atoms with Crippen LogP contribution in [0.15, 0.2) is 23.2 Å². The van der Waals surface area contributed by atoms with Crippen LogP contribution in [-0.4, -0.2) is 43.1 Å². The molecule has 0 aromatic heterocycles. The standard InChI is InChI=1S/C19H26FN5.HI/c1-22-19(23-12-14-7-6-13(11-21)8-18(14)20)24-15-9-16-4-3-5-17(10-15)25(16)2;/h6-8,15-17H,3-5,9-10,12H2,1-2H3,(H2,22,23,24);1H. The summed E-state index contributed by atoms with van der Waals surface area (Å²) in [5, 5.41) is 15.5. The predicted molar refractivity (Wildman–Crippen MR) is 112 cm³/mol. The van der Waals surface area contributed by atoms with Gasteiger partial charge in [0.1, 0.15) is 5.82 Å². The zero-order valence-corrected chi connectivity index (χ0v) is 17.7. The Hall–Kier alpha value is -1.40. The second-order valence-corrected chi connectivity index (χ2v) is 7.06. The first-order valence-corrected chi connectivity index (χ1v) is 8.98. The van der Waals surface area contributed by atoms with Crippen LogP contribution < -0.4 is 10.6 Å². The van der Waals surface area contributed by atoms with Crippen molar-refractivity contribution in [2.45, 2.75) is 56.8 Å². The number of nitriles is 1. The first kappa shape index (κ1) is 20.9. The van der Waals surface area contributed by atoms with Gasteiger partial charge in [0.05, 0.1) is 11.6 Å². The Labute approximate surface area is 172 Å². The van der Waals surface area contributed by atoms with Gasteiger partial charge in [-0.25, -0.2) is 4.39 Å². The van der Waals surface area contributed by atoms with E-state index in [0.29, 0.717) is 41.8 Å². The topological polar surface area (TPSA) is 63.5 Å². The molecular weight excluding hydrogens is 444 g/mol. The van der Waals surface area contributed by atoms with E-state index in [9.17, 15) is 4.39 Å². The lowest BCUT2D eigenvalue weighted by Crippen LogP contribution is -2.56. The third kappa shape index (κ3) is 4.86. The van der Waals surface area contributed by atoms with Gasteiger partial charge in [0.25, 0.3) is 0 Å². The average Bonchev–Trinajstić information content (AvgIpc) is 2.60. The second-order valence-electron chi connectivity index (χ2n) is 7.06. The minimum Gasteiger partial charge on any atom is -0.354 e. The molecule has 2 N–H and O–H groups in total. The molecule has 2 fully saturated rings. The average molecular weight is 471 g/mol. The van der Waals surface area contributed by atoms with E-state index in [-0.39, 0.29) is 29.8 Å². The van der Waals surface area contributed by atoms with Crippen molar-refractivity contribution in [2.75, 3.05) is 14.1 Å². The van der Waals surface area contributed by atoms with Gasteiger partial charge in [-0.1, -0.05) is 12.5 Å². The fourth-order valence-corrected chi connectivity index (χ4v) is 4.06. The van der Waals surface area contributed by atoms with Crippen LogP contribution in [0.4, 0.5) is 4.39 Å². The van der Waals surface area contributed by atoms with Gasteiger partial charge in [-0.2, -0.15) is 5.26 Å². The molecular formula is C19H27FIN5. The molecule has 2 heterocycles. The summed E-state index contributed by atoms with van der Waals surface area (Å²) in [4.78, 5) is 6.81. The number of aliphatic imine (C=N–C) groups is 1. The highest BCUT2D eigenvalue weighted by atomic mass is 127. The Bertz CT molecular complexity index is 673. The van der Waals surface area contributed by atoms with E-state index in [2.05, 4.69) is 27.6 Å². The molecule has 26 heavy (non-hydrogen) atoms. The fraction of sp³-hybridized carbons (Fsp3) is 0.579. The van der Waals surface area contributed by atoms with Crippen molar-refractivity contribution in [3.8, 4) is 6.07 Å². The molecule has 1 aromatic rings. The van der Waals surface area contributed by atoms with E-state index in [4.69, 9.17) is 5.26 Å². The van der Waals surface area contributed by atoms with Crippen LogP contribution in [0.1, 0.15) is 43.2 Å². The predicted octanol–water partition coefficient (Wildman–Crippen LogP) is 3.00. The summed E-state index contributed by atoms with van der Waals surface area (Å²) in [6.07, 6.45) is 6.12. The highest BCUT2D eigenvalue weighted by Gasteiger charge is 2.36. The molecule has 0 spiro atoms. The quantitative estimate of drug-likeness (QED) is 0.404. The van der Waals surface area contributed by atoms with Crippen LogP contribution in [0, 0.1) is 17.1 Å². The van der Waals surface area contributed by atoms with Gasteiger partial charge in [-0.15, -0.1) is 24.0 Å². The Balaban J connectivity index is 0.00000243. The molecule has 0 aliphatic carbocycles. The van der Waals surface area contributed by atoms with Gasteiger partial charge in [0.2, 0.25) is 0 Å². The van der Waals surface area contributed by atoms with Crippen molar-refractivity contribution in [1.29, 1.82) is 5.26 Å². The molecule has 3 rings (SSSR count). The van der Waals surface area contributed by atoms with Crippen molar-refractivity contribution in [3.63, 3.8) is 0 Å². The Kier molecular flexibility index (Phi) is 7.65. The fourth-order valence-electron chi connectivity index (χ4n) is 4.06. The summed E-state index contributed by atoms with van der Waals surface area (Å²) in [6.45, 7) is 0.344. The lowest BCUT2D eigenvalue weighted by molar-refractivity contribution is 0.0526. The highest BCUT2D eigenvalue weighted by Crippen LogP contribution is 2.32. The van der Waals surface area contributed by atoms with E-state index < -0.39 is 0 Å². The molecule has 2 aliphatic rings. The second kappa shape index (κ2) is 9.51. The van der Waals surface area contributed by atoms with Crippen molar-refractivity contribution in [1.82, 2.24) is 15.5 Å². The lowest BCUT2D eigenvalue weighted by Gasteiger charge is -2.47. The largest absolute Gasteiger partial charge is 0.354 e. The van der Waals surface area contributed by atoms with Gasteiger partial charge in [-0.05, 0) is 44.9 Å². The van der Waals surface area contributed by atoms with E-state index >= 15 is 0 Å². The molecule has 7 heteroatoms. The SMILES string of the molecule is CN=C(NCc1ccc(C#N)cc1F)NC1CC2CCCC(C1)N2C.I. The molecule has 142 valence electrons. The van der Waals surface area contributed by atoms with E-state index in [1.807, 2.05) is 6.07 Å². The summed E-state index contributed by atoms with van der Waals surface area (Å²) < 4.78 is 14.0. The Morgan fingerprint density at radius 3 is 2.62 bits per heavy atom. The van der Waals surface area contributed by atoms with Crippen molar-refractivity contribution in [3.05, 3.63) is 35.1 Å². The number of fused-ring (bicyclic) bond motifs is 2. The lowest BCUT2D eigenvalue weighted by atomic mass is 9.82. The van der Waals surface area contributed by atoms with Gasteiger partial charge in [0.15, 0.2) is 5.96 Å².